The Kier molecular flexibility index (Phi) is 3.32. The van der Waals surface area contributed by atoms with E-state index in [1.165, 1.54) is 25.7 Å². The van der Waals surface area contributed by atoms with Crippen LogP contribution in [0.1, 0.15) is 52.9 Å². The third-order valence-corrected chi connectivity index (χ3v) is 7.10. The van der Waals surface area contributed by atoms with Crippen LogP contribution in [0.25, 0.3) is 0 Å². The summed E-state index contributed by atoms with van der Waals surface area (Å²) in [5, 5.41) is 0. The molecule has 1 aliphatic heterocycles. The van der Waals surface area contributed by atoms with Crippen molar-refractivity contribution in [3.8, 4) is 0 Å². The third kappa shape index (κ3) is 1.81. The fraction of sp³-hybridized carbons (Fsp3) is 1.00. The second-order valence-corrected chi connectivity index (χ2v) is 8.31. The molecular weight excluding hydrogens is 292 g/mol. The Morgan fingerprint density at radius 2 is 2.00 bits per heavy atom. The highest BCUT2D eigenvalue weighted by Gasteiger charge is 2.62. The van der Waals surface area contributed by atoms with Crippen molar-refractivity contribution in [2.45, 2.75) is 70.1 Å². The molecule has 3 aliphatic rings. The first-order chi connectivity index (χ1) is 8.45. The summed E-state index contributed by atoms with van der Waals surface area (Å²) in [6.07, 6.45) is 6.59. The monoisotopic (exact) mass is 316 g/mol. The highest BCUT2D eigenvalue weighted by molar-refractivity contribution is 9.09. The zero-order valence-corrected chi connectivity index (χ0v) is 13.3. The van der Waals surface area contributed by atoms with Gasteiger partial charge in [-0.15, -0.1) is 0 Å². The molecule has 2 saturated carbocycles. The molecule has 18 heavy (non-hydrogen) atoms. The molecule has 2 aliphatic carbocycles. The normalized spacial score (nSPS) is 50.7. The van der Waals surface area contributed by atoms with Gasteiger partial charge in [0.2, 0.25) is 0 Å². The second-order valence-electron chi connectivity index (χ2n) is 7.13. The van der Waals surface area contributed by atoms with Crippen LogP contribution in [0.5, 0.6) is 0 Å². The first kappa shape index (κ1) is 13.4. The van der Waals surface area contributed by atoms with Gasteiger partial charge in [-0.2, -0.15) is 0 Å². The molecule has 0 amide bonds. The SMILES string of the molecule is CC1(C)C2CCC1(C)C(OC1OCCCC1Br)C2. The maximum Gasteiger partial charge on any atom is 0.170 e. The van der Waals surface area contributed by atoms with E-state index in [0.29, 0.717) is 21.8 Å². The Morgan fingerprint density at radius 3 is 2.56 bits per heavy atom. The Bertz CT molecular complexity index is 330. The Morgan fingerprint density at radius 1 is 1.22 bits per heavy atom. The number of fused-ring (bicyclic) bond motifs is 2. The number of halogens is 1. The standard InChI is InChI=1S/C15H25BrO2/c1-14(2)10-6-7-15(14,3)12(9-10)18-13-11(16)5-4-8-17-13/h10-13H,4-9H2,1-3H3. The van der Waals surface area contributed by atoms with Crippen LogP contribution >= 0.6 is 15.9 Å². The molecule has 0 aromatic rings. The van der Waals surface area contributed by atoms with Crippen LogP contribution in [0.2, 0.25) is 0 Å². The lowest BCUT2D eigenvalue weighted by atomic mass is 9.70. The first-order valence-electron chi connectivity index (χ1n) is 7.36. The van der Waals surface area contributed by atoms with Crippen molar-refractivity contribution in [1.82, 2.24) is 0 Å². The molecule has 1 heterocycles. The highest BCUT2D eigenvalue weighted by atomic mass is 79.9. The zero-order chi connectivity index (χ0) is 13.0. The van der Waals surface area contributed by atoms with Crippen molar-refractivity contribution < 1.29 is 9.47 Å². The van der Waals surface area contributed by atoms with E-state index >= 15 is 0 Å². The summed E-state index contributed by atoms with van der Waals surface area (Å²) < 4.78 is 12.2. The summed E-state index contributed by atoms with van der Waals surface area (Å²) in [4.78, 5) is 0.372. The zero-order valence-electron chi connectivity index (χ0n) is 11.7. The Hall–Kier alpha value is 0.400. The van der Waals surface area contributed by atoms with E-state index in [1.807, 2.05) is 0 Å². The minimum absolute atomic E-state index is 0.0317. The van der Waals surface area contributed by atoms with Crippen LogP contribution in [0, 0.1) is 16.7 Å². The topological polar surface area (TPSA) is 18.5 Å². The van der Waals surface area contributed by atoms with Gasteiger partial charge in [-0.1, -0.05) is 36.7 Å². The molecule has 3 rings (SSSR count). The largest absolute Gasteiger partial charge is 0.351 e. The third-order valence-electron chi connectivity index (χ3n) is 6.21. The number of hydrogen-bond acceptors (Lipinski definition) is 2. The van der Waals surface area contributed by atoms with Crippen LogP contribution in [-0.4, -0.2) is 23.8 Å². The predicted molar refractivity (Wildman–Crippen MR) is 75.8 cm³/mol. The molecule has 5 unspecified atom stereocenters. The van der Waals surface area contributed by atoms with E-state index in [2.05, 4.69) is 36.7 Å². The molecule has 2 bridgehead atoms. The van der Waals surface area contributed by atoms with Crippen molar-refractivity contribution in [1.29, 1.82) is 0 Å². The number of alkyl halides is 1. The van der Waals surface area contributed by atoms with Gasteiger partial charge in [-0.3, -0.25) is 0 Å². The average molecular weight is 317 g/mol. The van der Waals surface area contributed by atoms with Gasteiger partial charge in [-0.25, -0.2) is 0 Å². The number of ether oxygens (including phenoxy) is 2. The van der Waals surface area contributed by atoms with Gasteiger partial charge in [0, 0.05) is 6.61 Å². The van der Waals surface area contributed by atoms with Crippen LogP contribution in [-0.2, 0) is 9.47 Å². The first-order valence-corrected chi connectivity index (χ1v) is 8.28. The molecule has 0 radical (unpaired) electrons. The van der Waals surface area contributed by atoms with Crippen LogP contribution in [0.4, 0.5) is 0 Å². The van der Waals surface area contributed by atoms with E-state index in [1.54, 1.807) is 0 Å². The van der Waals surface area contributed by atoms with Crippen molar-refractivity contribution in [3.05, 3.63) is 0 Å². The lowest BCUT2D eigenvalue weighted by Gasteiger charge is -2.41. The summed E-state index contributed by atoms with van der Waals surface area (Å²) in [5.41, 5.74) is 0.763. The molecule has 3 heteroatoms. The summed E-state index contributed by atoms with van der Waals surface area (Å²) in [7, 11) is 0. The lowest BCUT2D eigenvalue weighted by Crippen LogP contribution is -2.43. The minimum Gasteiger partial charge on any atom is -0.351 e. The fourth-order valence-electron chi connectivity index (χ4n) is 4.34. The van der Waals surface area contributed by atoms with E-state index in [9.17, 15) is 0 Å². The van der Waals surface area contributed by atoms with Gasteiger partial charge >= 0.3 is 0 Å². The van der Waals surface area contributed by atoms with Gasteiger partial charge < -0.3 is 9.47 Å². The molecule has 2 nitrogen and oxygen atoms in total. The molecule has 0 N–H and O–H groups in total. The predicted octanol–water partition coefficient (Wildman–Crippen LogP) is 4.12. The summed E-state index contributed by atoms with van der Waals surface area (Å²) >= 11 is 3.71. The summed E-state index contributed by atoms with van der Waals surface area (Å²) in [5.74, 6) is 0.838. The molecule has 104 valence electrons. The van der Waals surface area contributed by atoms with Gasteiger partial charge in [0.25, 0.3) is 0 Å². The highest BCUT2D eigenvalue weighted by Crippen LogP contribution is 2.66. The minimum atomic E-state index is -0.0317. The molecular formula is C15H25BrO2. The molecule has 0 spiro atoms. The maximum absolute atomic E-state index is 6.37. The summed E-state index contributed by atoms with van der Waals surface area (Å²) in [6, 6.07) is 0. The van der Waals surface area contributed by atoms with Crippen molar-refractivity contribution in [2.24, 2.45) is 16.7 Å². The quantitative estimate of drug-likeness (QED) is 0.713. The lowest BCUT2D eigenvalue weighted by molar-refractivity contribution is -0.208. The molecule has 1 saturated heterocycles. The van der Waals surface area contributed by atoms with Gasteiger partial charge in [0.05, 0.1) is 10.9 Å². The fourth-order valence-corrected chi connectivity index (χ4v) is 4.94. The van der Waals surface area contributed by atoms with Crippen molar-refractivity contribution >= 4 is 15.9 Å². The molecule has 0 aromatic heterocycles. The smallest absolute Gasteiger partial charge is 0.170 e. The van der Waals surface area contributed by atoms with E-state index in [0.717, 1.165) is 18.9 Å². The van der Waals surface area contributed by atoms with Gasteiger partial charge in [0.1, 0.15) is 0 Å². The Labute approximate surface area is 119 Å². The summed E-state index contributed by atoms with van der Waals surface area (Å²) in [6.45, 7) is 8.14. The van der Waals surface area contributed by atoms with Crippen LogP contribution in [0.3, 0.4) is 0 Å². The van der Waals surface area contributed by atoms with Crippen molar-refractivity contribution in [3.63, 3.8) is 0 Å². The van der Waals surface area contributed by atoms with E-state index < -0.39 is 0 Å². The van der Waals surface area contributed by atoms with E-state index in [-0.39, 0.29) is 6.29 Å². The maximum atomic E-state index is 6.37. The molecule has 5 atom stereocenters. The van der Waals surface area contributed by atoms with Gasteiger partial charge in [-0.05, 0) is 48.9 Å². The van der Waals surface area contributed by atoms with E-state index in [4.69, 9.17) is 9.47 Å². The number of rotatable bonds is 2. The average Bonchev–Trinajstić information content (AvgIpc) is 2.65. The second kappa shape index (κ2) is 4.46. The van der Waals surface area contributed by atoms with Crippen LogP contribution < -0.4 is 0 Å². The molecule has 3 fully saturated rings. The number of hydrogen-bond donors (Lipinski definition) is 0. The van der Waals surface area contributed by atoms with Gasteiger partial charge in [0.15, 0.2) is 6.29 Å². The van der Waals surface area contributed by atoms with Crippen molar-refractivity contribution in [2.75, 3.05) is 6.61 Å². The Balaban J connectivity index is 1.71. The van der Waals surface area contributed by atoms with Crippen LogP contribution in [0.15, 0.2) is 0 Å². The molecule has 0 aromatic carbocycles.